The first-order chi connectivity index (χ1) is 11.6. The minimum atomic E-state index is 0. The summed E-state index contributed by atoms with van der Waals surface area (Å²) in [5, 5.41) is 13.7. The smallest absolute Gasteiger partial charge is 0.173 e. The standard InChI is InChI=1S/C18H26Br2N2O2.2ClH/c1-24-14-11-13(15(19)16(20)18(14)23)17(12-5-3-2-4-6-12)22-9-7-21-8-10-22;;/h11-12,17,21,23H,2-10H2,1H3;2*1H/t17-;;/m1../s1. The van der Waals surface area contributed by atoms with Crippen LogP contribution in [0.25, 0.3) is 0 Å². The summed E-state index contributed by atoms with van der Waals surface area (Å²) in [6, 6.07) is 2.39. The number of benzene rings is 1. The van der Waals surface area contributed by atoms with Crippen LogP contribution in [0, 0.1) is 5.92 Å². The summed E-state index contributed by atoms with van der Waals surface area (Å²) < 4.78 is 7.06. The van der Waals surface area contributed by atoms with Gasteiger partial charge in [0.2, 0.25) is 0 Å². The van der Waals surface area contributed by atoms with Gasteiger partial charge < -0.3 is 15.2 Å². The molecule has 26 heavy (non-hydrogen) atoms. The molecule has 2 N–H and O–H groups in total. The van der Waals surface area contributed by atoms with Crippen molar-refractivity contribution in [3.63, 3.8) is 0 Å². The van der Waals surface area contributed by atoms with Crippen molar-refractivity contribution in [2.75, 3.05) is 33.3 Å². The number of hydrogen-bond acceptors (Lipinski definition) is 4. The SMILES string of the molecule is COc1cc([C@@H](C2CCCCC2)N2CCNCC2)c(Br)c(Br)c1O.Cl.Cl. The van der Waals surface area contributed by atoms with Crippen LogP contribution in [-0.2, 0) is 0 Å². The van der Waals surface area contributed by atoms with E-state index in [0.717, 1.165) is 30.7 Å². The van der Waals surface area contributed by atoms with E-state index in [9.17, 15) is 5.11 Å². The molecule has 0 radical (unpaired) electrons. The minimum Gasteiger partial charge on any atom is -0.503 e. The molecule has 8 heteroatoms. The number of hydrogen-bond donors (Lipinski definition) is 2. The zero-order valence-electron chi connectivity index (χ0n) is 15.0. The van der Waals surface area contributed by atoms with Crippen LogP contribution in [0.5, 0.6) is 11.5 Å². The molecule has 0 amide bonds. The molecule has 1 aliphatic heterocycles. The Morgan fingerprint density at radius 2 is 1.73 bits per heavy atom. The molecule has 3 rings (SSSR count). The number of aromatic hydroxyl groups is 1. The van der Waals surface area contributed by atoms with Crippen molar-refractivity contribution in [2.45, 2.75) is 38.1 Å². The lowest BCUT2D eigenvalue weighted by Gasteiger charge is -2.41. The second-order valence-electron chi connectivity index (χ2n) is 6.77. The molecule has 0 bridgehead atoms. The third-order valence-electron chi connectivity index (χ3n) is 5.35. The van der Waals surface area contributed by atoms with E-state index in [2.05, 4.69) is 42.1 Å². The van der Waals surface area contributed by atoms with Crippen LogP contribution in [0.1, 0.15) is 43.7 Å². The van der Waals surface area contributed by atoms with Gasteiger partial charge in [0.1, 0.15) is 0 Å². The maximum absolute atomic E-state index is 10.3. The zero-order chi connectivity index (χ0) is 17.1. The van der Waals surface area contributed by atoms with Crippen LogP contribution < -0.4 is 10.1 Å². The highest BCUT2D eigenvalue weighted by Crippen LogP contribution is 2.48. The van der Waals surface area contributed by atoms with Crippen molar-refractivity contribution in [3.05, 3.63) is 20.6 Å². The summed E-state index contributed by atoms with van der Waals surface area (Å²) in [5.41, 5.74) is 1.23. The lowest BCUT2D eigenvalue weighted by atomic mass is 9.80. The van der Waals surface area contributed by atoms with Crippen LogP contribution in [0.2, 0.25) is 0 Å². The lowest BCUT2D eigenvalue weighted by Crippen LogP contribution is -2.47. The number of phenolic OH excluding ortho intramolecular Hbond substituents is 1. The van der Waals surface area contributed by atoms with E-state index >= 15 is 0 Å². The molecule has 1 heterocycles. The Kier molecular flexibility index (Phi) is 10.6. The van der Waals surface area contributed by atoms with E-state index in [1.54, 1.807) is 7.11 Å². The van der Waals surface area contributed by atoms with Crippen LogP contribution >= 0.6 is 56.7 Å². The van der Waals surface area contributed by atoms with Crippen molar-refractivity contribution < 1.29 is 9.84 Å². The van der Waals surface area contributed by atoms with Gasteiger partial charge in [-0.3, -0.25) is 4.90 Å². The summed E-state index contributed by atoms with van der Waals surface area (Å²) >= 11 is 7.25. The Morgan fingerprint density at radius 3 is 2.31 bits per heavy atom. The normalized spacial score (nSPS) is 20.0. The third kappa shape index (κ3) is 5.21. The fraction of sp³-hybridized carbons (Fsp3) is 0.667. The van der Waals surface area contributed by atoms with E-state index in [1.165, 1.54) is 37.7 Å². The van der Waals surface area contributed by atoms with E-state index in [0.29, 0.717) is 22.2 Å². The predicted molar refractivity (Wildman–Crippen MR) is 118 cm³/mol. The second-order valence-corrected chi connectivity index (χ2v) is 8.36. The van der Waals surface area contributed by atoms with Gasteiger partial charge in [-0.15, -0.1) is 24.8 Å². The average molecular weight is 535 g/mol. The van der Waals surface area contributed by atoms with Crippen molar-refractivity contribution in [3.8, 4) is 11.5 Å². The molecule has 0 aromatic heterocycles. The lowest BCUT2D eigenvalue weighted by molar-refractivity contribution is 0.102. The van der Waals surface area contributed by atoms with Crippen molar-refractivity contribution in [2.24, 2.45) is 5.92 Å². The highest BCUT2D eigenvalue weighted by molar-refractivity contribution is 9.13. The Labute approximate surface area is 185 Å². The monoisotopic (exact) mass is 532 g/mol. The average Bonchev–Trinajstić information content (AvgIpc) is 2.64. The first-order valence-electron chi connectivity index (χ1n) is 8.83. The Balaban J connectivity index is 0.00000169. The fourth-order valence-corrected chi connectivity index (χ4v) is 5.10. The third-order valence-corrected chi connectivity index (χ3v) is 7.51. The van der Waals surface area contributed by atoms with E-state index in [1.807, 2.05) is 6.07 Å². The molecule has 0 unspecified atom stereocenters. The number of rotatable bonds is 4. The van der Waals surface area contributed by atoms with Gasteiger partial charge in [-0.05, 0) is 62.2 Å². The molecule has 1 saturated carbocycles. The number of ether oxygens (including phenoxy) is 1. The molecule has 1 aliphatic carbocycles. The van der Waals surface area contributed by atoms with E-state index < -0.39 is 0 Å². The van der Waals surface area contributed by atoms with Crippen LogP contribution in [0.3, 0.4) is 0 Å². The first-order valence-corrected chi connectivity index (χ1v) is 10.4. The van der Waals surface area contributed by atoms with Crippen LogP contribution in [-0.4, -0.2) is 43.3 Å². The van der Waals surface area contributed by atoms with Crippen molar-refractivity contribution >= 4 is 56.7 Å². The molecule has 1 aromatic rings. The Morgan fingerprint density at radius 1 is 1.12 bits per heavy atom. The second kappa shape index (κ2) is 11.3. The summed E-state index contributed by atoms with van der Waals surface area (Å²) in [6.07, 6.45) is 6.56. The first kappa shape index (κ1) is 24.3. The molecule has 1 saturated heterocycles. The predicted octanol–water partition coefficient (Wildman–Crippen LogP) is 5.30. The van der Waals surface area contributed by atoms with Gasteiger partial charge in [-0.1, -0.05) is 19.3 Å². The van der Waals surface area contributed by atoms with Crippen molar-refractivity contribution in [1.82, 2.24) is 10.2 Å². The summed E-state index contributed by atoms with van der Waals surface area (Å²) in [7, 11) is 1.61. The van der Waals surface area contributed by atoms with Gasteiger partial charge in [0.15, 0.2) is 11.5 Å². The fourth-order valence-electron chi connectivity index (χ4n) is 4.14. The largest absolute Gasteiger partial charge is 0.503 e. The molecule has 150 valence electrons. The number of piperazine rings is 1. The highest BCUT2D eigenvalue weighted by Gasteiger charge is 2.33. The van der Waals surface area contributed by atoms with Gasteiger partial charge in [0.25, 0.3) is 0 Å². The zero-order valence-corrected chi connectivity index (χ0v) is 19.8. The van der Waals surface area contributed by atoms with Gasteiger partial charge in [-0.2, -0.15) is 0 Å². The number of nitrogens with zero attached hydrogens (tertiary/aromatic N) is 1. The maximum Gasteiger partial charge on any atom is 0.173 e. The van der Waals surface area contributed by atoms with Gasteiger partial charge in [0.05, 0.1) is 11.6 Å². The number of phenols is 1. The maximum atomic E-state index is 10.3. The van der Waals surface area contributed by atoms with Gasteiger partial charge >= 0.3 is 0 Å². The molecular weight excluding hydrogens is 507 g/mol. The van der Waals surface area contributed by atoms with Crippen molar-refractivity contribution in [1.29, 1.82) is 0 Å². The molecule has 1 aromatic carbocycles. The van der Waals surface area contributed by atoms with Crippen LogP contribution in [0.4, 0.5) is 0 Å². The quantitative estimate of drug-likeness (QED) is 0.550. The van der Waals surface area contributed by atoms with Gasteiger partial charge in [-0.25, -0.2) is 0 Å². The highest BCUT2D eigenvalue weighted by atomic mass is 79.9. The van der Waals surface area contributed by atoms with Gasteiger partial charge in [0, 0.05) is 36.7 Å². The number of halogens is 4. The summed E-state index contributed by atoms with van der Waals surface area (Å²) in [5.74, 6) is 1.36. The topological polar surface area (TPSA) is 44.7 Å². The molecule has 0 spiro atoms. The molecule has 2 fully saturated rings. The Hall–Kier alpha value is 0.280. The minimum absolute atomic E-state index is 0. The summed E-state index contributed by atoms with van der Waals surface area (Å²) in [4.78, 5) is 2.61. The Bertz CT molecular complexity index is 563. The van der Waals surface area contributed by atoms with E-state index in [4.69, 9.17) is 4.74 Å². The van der Waals surface area contributed by atoms with E-state index in [-0.39, 0.29) is 30.6 Å². The number of methoxy groups -OCH3 is 1. The summed E-state index contributed by atoms with van der Waals surface area (Å²) in [6.45, 7) is 4.21. The molecule has 1 atom stereocenters. The molecule has 4 nitrogen and oxygen atoms in total. The molecular formula is C18H28Br2Cl2N2O2. The number of nitrogens with one attached hydrogen (secondary N) is 1. The molecule has 2 aliphatic rings. The van der Waals surface area contributed by atoms with Crippen LogP contribution in [0.15, 0.2) is 15.0 Å².